The smallest absolute Gasteiger partial charge is 0.321 e. The number of pyridine rings is 1. The van der Waals surface area contributed by atoms with Crippen LogP contribution < -0.4 is 10.5 Å². The molecule has 2 N–H and O–H groups in total. The maximum Gasteiger partial charge on any atom is 0.321 e. The number of halogens is 1. The molecule has 35 heavy (non-hydrogen) atoms. The van der Waals surface area contributed by atoms with Gasteiger partial charge in [0, 0.05) is 23.0 Å². The lowest BCUT2D eigenvalue weighted by Gasteiger charge is -2.10. The van der Waals surface area contributed by atoms with E-state index >= 15 is 4.39 Å². The van der Waals surface area contributed by atoms with E-state index in [9.17, 15) is 0 Å². The summed E-state index contributed by atoms with van der Waals surface area (Å²) in [6, 6.07) is 6.12. The summed E-state index contributed by atoms with van der Waals surface area (Å²) in [7, 11) is 0. The van der Waals surface area contributed by atoms with Crippen molar-refractivity contribution >= 4 is 29.7 Å². The SMILES string of the molecule is C#Cc1cc(C)c(-c2oc3ncnc(N)c3c2-c2ccc(O/C(N=C)=N/C(C)=C\C)c(F)c2)cn1. The van der Waals surface area contributed by atoms with Crippen LogP contribution in [-0.4, -0.2) is 27.7 Å². The molecule has 9 heteroatoms. The van der Waals surface area contributed by atoms with Gasteiger partial charge in [-0.15, -0.1) is 6.42 Å². The zero-order valence-corrected chi connectivity index (χ0v) is 19.3. The maximum absolute atomic E-state index is 15.2. The molecule has 0 saturated carbocycles. The van der Waals surface area contributed by atoms with Crippen molar-refractivity contribution < 1.29 is 13.5 Å². The Kier molecular flexibility index (Phi) is 6.38. The molecule has 0 amide bonds. The molecule has 0 aliphatic rings. The maximum atomic E-state index is 15.2. The minimum atomic E-state index is -0.648. The summed E-state index contributed by atoms with van der Waals surface area (Å²) in [5, 5.41) is 0.453. The van der Waals surface area contributed by atoms with E-state index < -0.39 is 5.82 Å². The lowest BCUT2D eigenvalue weighted by atomic mass is 9.97. The number of fused-ring (bicyclic) bond motifs is 1. The Hall–Kier alpha value is -4.84. The number of anilines is 1. The fourth-order valence-corrected chi connectivity index (χ4v) is 3.44. The number of aliphatic imine (C=N–C) groups is 2. The van der Waals surface area contributed by atoms with Crippen LogP contribution in [0.25, 0.3) is 33.6 Å². The first kappa shape index (κ1) is 23.3. The van der Waals surface area contributed by atoms with Gasteiger partial charge in [-0.05, 0) is 56.8 Å². The molecule has 0 fully saturated rings. The Bertz CT molecular complexity index is 1560. The van der Waals surface area contributed by atoms with E-state index in [4.69, 9.17) is 21.3 Å². The van der Waals surface area contributed by atoms with Crippen molar-refractivity contribution in [2.75, 3.05) is 5.73 Å². The first-order valence-corrected chi connectivity index (χ1v) is 10.5. The molecule has 0 spiro atoms. The molecule has 4 rings (SSSR count). The predicted octanol–water partition coefficient (Wildman–Crippen LogP) is 5.32. The number of ether oxygens (including phenoxy) is 1. The lowest BCUT2D eigenvalue weighted by molar-refractivity contribution is 0.486. The minimum absolute atomic E-state index is 0.0707. The third kappa shape index (κ3) is 4.50. The topological polar surface area (TPSA) is 112 Å². The molecule has 3 heterocycles. The predicted molar refractivity (Wildman–Crippen MR) is 135 cm³/mol. The summed E-state index contributed by atoms with van der Waals surface area (Å²) >= 11 is 0. The number of hydrogen-bond acceptors (Lipinski definition) is 7. The quantitative estimate of drug-likeness (QED) is 0.246. The number of amidine groups is 1. The summed E-state index contributed by atoms with van der Waals surface area (Å²) in [5.41, 5.74) is 10.0. The van der Waals surface area contributed by atoms with Crippen molar-refractivity contribution in [1.82, 2.24) is 15.0 Å². The Labute approximate surface area is 201 Å². The largest absolute Gasteiger partial charge is 0.437 e. The number of aryl methyl sites for hydroxylation is 1. The Morgan fingerprint density at radius 2 is 2.09 bits per heavy atom. The number of benzene rings is 1. The van der Waals surface area contributed by atoms with Gasteiger partial charge in [0.25, 0.3) is 0 Å². The fraction of sp³-hybridized carbons (Fsp3) is 0.115. The van der Waals surface area contributed by atoms with Crippen LogP contribution >= 0.6 is 0 Å². The van der Waals surface area contributed by atoms with E-state index in [0.717, 1.165) is 5.56 Å². The third-order valence-corrected chi connectivity index (χ3v) is 5.27. The van der Waals surface area contributed by atoms with Crippen LogP contribution in [0.3, 0.4) is 0 Å². The van der Waals surface area contributed by atoms with Crippen molar-refractivity contribution in [2.45, 2.75) is 20.8 Å². The number of rotatable bonds is 4. The number of allylic oxidation sites excluding steroid dienone is 2. The van der Waals surface area contributed by atoms with Gasteiger partial charge in [-0.2, -0.15) is 0 Å². The number of hydrogen-bond donors (Lipinski definition) is 1. The molecule has 3 aromatic heterocycles. The molecule has 4 aromatic rings. The van der Waals surface area contributed by atoms with Crippen LogP contribution in [0.15, 0.2) is 63.0 Å². The van der Waals surface area contributed by atoms with E-state index in [2.05, 4.69) is 37.6 Å². The molecule has 0 saturated heterocycles. The summed E-state index contributed by atoms with van der Waals surface area (Å²) < 4.78 is 26.8. The Morgan fingerprint density at radius 1 is 1.29 bits per heavy atom. The van der Waals surface area contributed by atoms with Gasteiger partial charge in [-0.25, -0.2) is 29.3 Å². The highest BCUT2D eigenvalue weighted by molar-refractivity contribution is 6.05. The summed E-state index contributed by atoms with van der Waals surface area (Å²) in [4.78, 5) is 20.4. The van der Waals surface area contributed by atoms with E-state index in [1.807, 2.05) is 13.8 Å². The monoisotopic (exact) mass is 468 g/mol. The summed E-state index contributed by atoms with van der Waals surface area (Å²) in [6.45, 7) is 8.88. The fourth-order valence-electron chi connectivity index (χ4n) is 3.44. The van der Waals surface area contributed by atoms with Crippen molar-refractivity contribution in [1.29, 1.82) is 0 Å². The van der Waals surface area contributed by atoms with Gasteiger partial charge in [-0.1, -0.05) is 18.1 Å². The van der Waals surface area contributed by atoms with Crippen molar-refractivity contribution in [2.24, 2.45) is 9.98 Å². The molecule has 0 radical (unpaired) electrons. The average molecular weight is 468 g/mol. The molecule has 0 unspecified atom stereocenters. The van der Waals surface area contributed by atoms with Crippen LogP contribution in [0.2, 0.25) is 0 Å². The van der Waals surface area contributed by atoms with Gasteiger partial charge in [0.1, 0.15) is 23.6 Å². The molecule has 0 atom stereocenters. The standard InChI is InChI=1S/C26H21FN6O2/c1-6-15(4)33-26(29-5)34-20-9-8-16(11-19(20)27)21-22-24(28)31-13-32-25(22)35-23(21)18-12-30-17(7-2)10-14(18)3/h2,6,8-13H,5H2,1,3-4H3,(H2,28,31,32)/b15-6-,33-26+. The van der Waals surface area contributed by atoms with Crippen LogP contribution in [0.4, 0.5) is 10.2 Å². The van der Waals surface area contributed by atoms with Gasteiger partial charge < -0.3 is 14.9 Å². The number of nitrogen functional groups attached to an aromatic ring is 1. The third-order valence-electron chi connectivity index (χ3n) is 5.27. The van der Waals surface area contributed by atoms with Crippen LogP contribution in [0, 0.1) is 25.1 Å². The zero-order chi connectivity index (χ0) is 25.1. The van der Waals surface area contributed by atoms with Gasteiger partial charge in [0.15, 0.2) is 11.6 Å². The molecule has 0 aliphatic carbocycles. The van der Waals surface area contributed by atoms with E-state index in [1.165, 1.54) is 18.5 Å². The second-order valence-corrected chi connectivity index (χ2v) is 7.50. The molecular weight excluding hydrogens is 447 g/mol. The zero-order valence-electron chi connectivity index (χ0n) is 19.3. The highest BCUT2D eigenvalue weighted by Crippen LogP contribution is 2.43. The minimum Gasteiger partial charge on any atom is -0.437 e. The number of terminal acetylenes is 1. The molecule has 1 aromatic carbocycles. The number of nitrogens with zero attached hydrogens (tertiary/aromatic N) is 5. The molecule has 8 nitrogen and oxygen atoms in total. The summed E-state index contributed by atoms with van der Waals surface area (Å²) in [5.74, 6) is 2.39. The highest BCUT2D eigenvalue weighted by Gasteiger charge is 2.24. The van der Waals surface area contributed by atoms with Crippen LogP contribution in [0.5, 0.6) is 5.75 Å². The second kappa shape index (κ2) is 9.57. The van der Waals surface area contributed by atoms with E-state index in [-0.39, 0.29) is 23.3 Å². The molecule has 174 valence electrons. The first-order valence-electron chi connectivity index (χ1n) is 10.5. The van der Waals surface area contributed by atoms with E-state index in [1.54, 1.807) is 31.3 Å². The molecule has 0 aliphatic heterocycles. The van der Waals surface area contributed by atoms with Crippen LogP contribution in [0.1, 0.15) is 25.1 Å². The number of nitrogens with two attached hydrogens (primary N) is 1. The second-order valence-electron chi connectivity index (χ2n) is 7.50. The average Bonchev–Trinajstić information content (AvgIpc) is 3.25. The number of aromatic nitrogens is 3. The lowest BCUT2D eigenvalue weighted by Crippen LogP contribution is -2.06. The van der Waals surface area contributed by atoms with Crippen LogP contribution in [-0.2, 0) is 0 Å². The van der Waals surface area contributed by atoms with Gasteiger partial charge in [0.2, 0.25) is 5.71 Å². The van der Waals surface area contributed by atoms with Gasteiger partial charge in [0.05, 0.1) is 5.39 Å². The van der Waals surface area contributed by atoms with Gasteiger partial charge >= 0.3 is 6.02 Å². The van der Waals surface area contributed by atoms with E-state index in [0.29, 0.717) is 39.2 Å². The van der Waals surface area contributed by atoms with Crippen molar-refractivity contribution in [3.63, 3.8) is 0 Å². The Morgan fingerprint density at radius 3 is 2.74 bits per heavy atom. The normalized spacial score (nSPS) is 12.0. The van der Waals surface area contributed by atoms with Crippen molar-refractivity contribution in [3.05, 3.63) is 65.6 Å². The first-order chi connectivity index (χ1) is 16.9. The Balaban J connectivity index is 1.88. The number of furan rings is 1. The molecule has 0 bridgehead atoms. The highest BCUT2D eigenvalue weighted by atomic mass is 19.1. The summed E-state index contributed by atoms with van der Waals surface area (Å²) in [6.07, 6.45) is 10.1. The van der Waals surface area contributed by atoms with Crippen molar-refractivity contribution in [3.8, 4) is 40.5 Å². The van der Waals surface area contributed by atoms with Gasteiger partial charge in [-0.3, -0.25) is 0 Å². The molecular formula is C26H21FN6O2.